The van der Waals surface area contributed by atoms with Gasteiger partial charge < -0.3 is 19.3 Å². The predicted octanol–water partition coefficient (Wildman–Crippen LogP) is 3.60. The zero-order chi connectivity index (χ0) is 19.2. The molecule has 0 radical (unpaired) electrons. The number of hydrogen-bond acceptors (Lipinski definition) is 4. The fourth-order valence-corrected chi connectivity index (χ4v) is 2.81. The standard InChI is InChI=1S/C19H27FN2O4/c1-19(2,3)26-18(24)22(12-10-20)16-9-11-21(13-16)17(23)25-14-15-7-5-4-6-8-15/h4-8,16H,9-14H2,1-3H3/t16-/m1/s1. The summed E-state index contributed by atoms with van der Waals surface area (Å²) in [6.45, 7) is 5.56. The molecule has 1 aliphatic rings. The van der Waals surface area contributed by atoms with Crippen LogP contribution in [0.4, 0.5) is 14.0 Å². The number of amides is 2. The van der Waals surface area contributed by atoms with Crippen LogP contribution in [0.25, 0.3) is 0 Å². The molecular weight excluding hydrogens is 339 g/mol. The van der Waals surface area contributed by atoms with Crippen LogP contribution in [0.5, 0.6) is 0 Å². The molecular formula is C19H27FN2O4. The molecule has 2 amide bonds. The highest BCUT2D eigenvalue weighted by molar-refractivity contribution is 5.70. The van der Waals surface area contributed by atoms with Crippen molar-refractivity contribution in [1.29, 1.82) is 0 Å². The number of hydrogen-bond donors (Lipinski definition) is 0. The summed E-state index contributed by atoms with van der Waals surface area (Å²) in [7, 11) is 0. The Morgan fingerprint density at radius 2 is 1.96 bits per heavy atom. The quantitative estimate of drug-likeness (QED) is 0.799. The van der Waals surface area contributed by atoms with Gasteiger partial charge in [0, 0.05) is 13.1 Å². The first-order valence-corrected chi connectivity index (χ1v) is 8.81. The molecule has 1 saturated heterocycles. The molecule has 1 aliphatic heterocycles. The number of benzene rings is 1. The summed E-state index contributed by atoms with van der Waals surface area (Å²) in [4.78, 5) is 27.5. The number of likely N-dealkylation sites (tertiary alicyclic amines) is 1. The van der Waals surface area contributed by atoms with E-state index >= 15 is 0 Å². The summed E-state index contributed by atoms with van der Waals surface area (Å²) in [5.74, 6) is 0. The Morgan fingerprint density at radius 3 is 2.58 bits per heavy atom. The van der Waals surface area contributed by atoms with Crippen LogP contribution in [0.3, 0.4) is 0 Å². The lowest BCUT2D eigenvalue weighted by Gasteiger charge is -2.30. The smallest absolute Gasteiger partial charge is 0.410 e. The minimum atomic E-state index is -0.659. The maximum atomic E-state index is 12.9. The van der Waals surface area contributed by atoms with Crippen molar-refractivity contribution in [2.24, 2.45) is 0 Å². The number of nitrogens with zero attached hydrogens (tertiary/aromatic N) is 2. The van der Waals surface area contributed by atoms with Gasteiger partial charge in [-0.1, -0.05) is 30.3 Å². The molecule has 6 nitrogen and oxygen atoms in total. The fraction of sp³-hybridized carbons (Fsp3) is 0.579. The van der Waals surface area contributed by atoms with E-state index in [-0.39, 0.29) is 19.2 Å². The van der Waals surface area contributed by atoms with E-state index in [0.29, 0.717) is 19.5 Å². The van der Waals surface area contributed by atoms with Crippen LogP contribution >= 0.6 is 0 Å². The average Bonchev–Trinajstić information content (AvgIpc) is 3.06. The zero-order valence-electron chi connectivity index (χ0n) is 15.6. The number of rotatable bonds is 5. The molecule has 0 aliphatic carbocycles. The molecule has 1 aromatic carbocycles. The highest BCUT2D eigenvalue weighted by Gasteiger charge is 2.35. The van der Waals surface area contributed by atoms with Gasteiger partial charge in [-0.3, -0.25) is 0 Å². The Balaban J connectivity index is 1.89. The van der Waals surface area contributed by atoms with Crippen LogP contribution in [-0.2, 0) is 16.1 Å². The Labute approximate surface area is 153 Å². The lowest BCUT2D eigenvalue weighted by Crippen LogP contribution is -2.46. The normalized spacial score (nSPS) is 17.1. The summed E-state index contributed by atoms with van der Waals surface area (Å²) < 4.78 is 23.6. The van der Waals surface area contributed by atoms with E-state index in [0.717, 1.165) is 5.56 Å². The molecule has 2 rings (SSSR count). The van der Waals surface area contributed by atoms with Crippen molar-refractivity contribution in [1.82, 2.24) is 9.80 Å². The van der Waals surface area contributed by atoms with Crippen molar-refractivity contribution in [3.8, 4) is 0 Å². The van der Waals surface area contributed by atoms with E-state index in [9.17, 15) is 14.0 Å². The second-order valence-electron chi connectivity index (χ2n) is 7.29. The lowest BCUT2D eigenvalue weighted by atomic mass is 10.2. The molecule has 1 heterocycles. The highest BCUT2D eigenvalue weighted by atomic mass is 19.1. The van der Waals surface area contributed by atoms with Crippen LogP contribution in [0.1, 0.15) is 32.8 Å². The van der Waals surface area contributed by atoms with Crippen LogP contribution in [0.2, 0.25) is 0 Å². The van der Waals surface area contributed by atoms with E-state index in [1.165, 1.54) is 4.90 Å². The number of ether oxygens (including phenoxy) is 2. The average molecular weight is 366 g/mol. The minimum absolute atomic E-state index is 0.0491. The minimum Gasteiger partial charge on any atom is -0.445 e. The first-order chi connectivity index (χ1) is 12.3. The fourth-order valence-electron chi connectivity index (χ4n) is 2.81. The maximum Gasteiger partial charge on any atom is 0.410 e. The van der Waals surface area contributed by atoms with Gasteiger partial charge in [-0.25, -0.2) is 14.0 Å². The lowest BCUT2D eigenvalue weighted by molar-refractivity contribution is 0.0152. The van der Waals surface area contributed by atoms with Crippen molar-refractivity contribution >= 4 is 12.2 Å². The second-order valence-corrected chi connectivity index (χ2v) is 7.29. The largest absolute Gasteiger partial charge is 0.445 e. The summed E-state index contributed by atoms with van der Waals surface area (Å²) in [6.07, 6.45) is -0.417. The van der Waals surface area contributed by atoms with E-state index in [1.807, 2.05) is 30.3 Å². The number of alkyl halides is 1. The van der Waals surface area contributed by atoms with Gasteiger partial charge in [0.15, 0.2) is 0 Å². The van der Waals surface area contributed by atoms with E-state index < -0.39 is 24.5 Å². The maximum absolute atomic E-state index is 12.9. The van der Waals surface area contributed by atoms with Gasteiger partial charge >= 0.3 is 12.2 Å². The zero-order valence-corrected chi connectivity index (χ0v) is 15.6. The molecule has 1 aromatic rings. The van der Waals surface area contributed by atoms with Gasteiger partial charge in [0.2, 0.25) is 0 Å². The molecule has 0 unspecified atom stereocenters. The Hall–Kier alpha value is -2.31. The molecule has 0 spiro atoms. The van der Waals surface area contributed by atoms with Crippen molar-refractivity contribution < 1.29 is 23.5 Å². The van der Waals surface area contributed by atoms with Crippen LogP contribution in [-0.4, -0.2) is 59.9 Å². The van der Waals surface area contributed by atoms with Crippen molar-refractivity contribution in [3.63, 3.8) is 0 Å². The molecule has 26 heavy (non-hydrogen) atoms. The van der Waals surface area contributed by atoms with Crippen LogP contribution in [0.15, 0.2) is 30.3 Å². The molecule has 144 valence electrons. The summed E-state index contributed by atoms with van der Waals surface area (Å²) >= 11 is 0. The third kappa shape index (κ3) is 5.89. The van der Waals surface area contributed by atoms with Gasteiger partial charge in [0.25, 0.3) is 0 Å². The van der Waals surface area contributed by atoms with E-state index in [2.05, 4.69) is 0 Å². The summed E-state index contributed by atoms with van der Waals surface area (Å²) in [5, 5.41) is 0. The van der Waals surface area contributed by atoms with Gasteiger partial charge in [0.1, 0.15) is 18.9 Å². The van der Waals surface area contributed by atoms with Crippen LogP contribution < -0.4 is 0 Å². The summed E-state index contributed by atoms with van der Waals surface area (Å²) in [5.41, 5.74) is 0.253. The molecule has 0 N–H and O–H groups in total. The Bertz CT molecular complexity index is 603. The molecule has 1 fully saturated rings. The summed E-state index contributed by atoms with van der Waals surface area (Å²) in [6, 6.07) is 9.14. The first kappa shape index (κ1) is 20.0. The first-order valence-electron chi connectivity index (χ1n) is 8.81. The van der Waals surface area contributed by atoms with Gasteiger partial charge in [-0.15, -0.1) is 0 Å². The number of carbonyl (C=O) groups is 2. The molecule has 0 bridgehead atoms. The predicted molar refractivity (Wildman–Crippen MR) is 95.5 cm³/mol. The third-order valence-corrected chi connectivity index (χ3v) is 4.02. The molecule has 0 aromatic heterocycles. The number of halogens is 1. The molecule has 1 atom stereocenters. The van der Waals surface area contributed by atoms with E-state index in [4.69, 9.17) is 9.47 Å². The SMILES string of the molecule is CC(C)(C)OC(=O)N(CCF)[C@@H]1CCN(C(=O)OCc2ccccc2)C1. The molecule has 7 heteroatoms. The van der Waals surface area contributed by atoms with Gasteiger partial charge in [-0.2, -0.15) is 0 Å². The van der Waals surface area contributed by atoms with E-state index in [1.54, 1.807) is 25.7 Å². The van der Waals surface area contributed by atoms with Crippen molar-refractivity contribution in [3.05, 3.63) is 35.9 Å². The Kier molecular flexibility index (Phi) is 6.83. The third-order valence-electron chi connectivity index (χ3n) is 4.02. The van der Waals surface area contributed by atoms with Gasteiger partial charge in [-0.05, 0) is 32.8 Å². The van der Waals surface area contributed by atoms with Crippen LogP contribution in [0, 0.1) is 0 Å². The van der Waals surface area contributed by atoms with Crippen molar-refractivity contribution in [2.75, 3.05) is 26.3 Å². The highest BCUT2D eigenvalue weighted by Crippen LogP contribution is 2.20. The monoisotopic (exact) mass is 366 g/mol. The number of carbonyl (C=O) groups excluding carboxylic acids is 2. The Morgan fingerprint density at radius 1 is 1.27 bits per heavy atom. The topological polar surface area (TPSA) is 59.1 Å². The molecule has 0 saturated carbocycles. The second kappa shape index (κ2) is 8.87. The van der Waals surface area contributed by atoms with Crippen molar-refractivity contribution in [2.45, 2.75) is 45.4 Å². The van der Waals surface area contributed by atoms with Gasteiger partial charge in [0.05, 0.1) is 12.6 Å².